The first-order valence-electron chi connectivity index (χ1n) is 5.93. The molecule has 0 amide bonds. The molecule has 1 aliphatic carbocycles. The molecule has 2 aromatic heterocycles. The maximum absolute atomic E-state index is 13.9. The third-order valence-electron chi connectivity index (χ3n) is 3.35. The summed E-state index contributed by atoms with van der Waals surface area (Å²) in [4.78, 5) is 4.21. The van der Waals surface area contributed by atoms with E-state index in [1.54, 1.807) is 22.9 Å². The van der Waals surface area contributed by atoms with E-state index < -0.39 is 17.6 Å². The fourth-order valence-corrected chi connectivity index (χ4v) is 2.49. The smallest absolute Gasteiger partial charge is 0.155 e. The van der Waals surface area contributed by atoms with E-state index in [0.29, 0.717) is 22.8 Å². The molecule has 0 aliphatic heterocycles. The minimum Gasteiger partial charge on any atom is -0.302 e. The summed E-state index contributed by atoms with van der Waals surface area (Å²) in [6.45, 7) is 1.89. The lowest BCUT2D eigenvalue weighted by molar-refractivity contribution is 0.472. The highest BCUT2D eigenvalue weighted by Crippen LogP contribution is 2.36. The highest BCUT2D eigenvalue weighted by Gasteiger charge is 2.26. The molecule has 0 fully saturated rings. The molecular formula is C14H11ClF2N2. The van der Waals surface area contributed by atoms with Crippen molar-refractivity contribution in [2.75, 3.05) is 0 Å². The van der Waals surface area contributed by atoms with E-state index in [1.165, 1.54) is 0 Å². The third kappa shape index (κ3) is 1.87. The molecule has 0 N–H and O–H groups in total. The largest absolute Gasteiger partial charge is 0.302 e. The summed E-state index contributed by atoms with van der Waals surface area (Å²) in [7, 11) is 0. The van der Waals surface area contributed by atoms with E-state index in [1.807, 2.05) is 13.0 Å². The van der Waals surface area contributed by atoms with E-state index in [9.17, 15) is 8.78 Å². The lowest BCUT2D eigenvalue weighted by Crippen LogP contribution is -2.08. The van der Waals surface area contributed by atoms with Gasteiger partial charge in [0.2, 0.25) is 0 Å². The maximum atomic E-state index is 13.9. The molecule has 0 aromatic carbocycles. The van der Waals surface area contributed by atoms with Crippen LogP contribution in [0.5, 0.6) is 0 Å². The van der Waals surface area contributed by atoms with Crippen molar-refractivity contribution in [1.29, 1.82) is 0 Å². The maximum Gasteiger partial charge on any atom is 0.155 e. The number of allylic oxidation sites excluding steroid dienone is 4. The number of aromatic nitrogens is 2. The molecule has 2 aromatic rings. The zero-order chi connectivity index (χ0) is 13.6. The van der Waals surface area contributed by atoms with Crippen LogP contribution < -0.4 is 0 Å². The summed E-state index contributed by atoms with van der Waals surface area (Å²) in [5.74, 6) is -1.82. The van der Waals surface area contributed by atoms with E-state index in [4.69, 9.17) is 11.6 Å². The highest BCUT2D eigenvalue weighted by atomic mass is 35.5. The van der Waals surface area contributed by atoms with Gasteiger partial charge in [-0.25, -0.2) is 13.8 Å². The van der Waals surface area contributed by atoms with E-state index in [-0.39, 0.29) is 0 Å². The molecule has 0 bridgehead atoms. The van der Waals surface area contributed by atoms with Gasteiger partial charge in [-0.2, -0.15) is 0 Å². The first-order chi connectivity index (χ1) is 9.09. The van der Waals surface area contributed by atoms with Crippen LogP contribution in [0.15, 0.2) is 42.3 Å². The van der Waals surface area contributed by atoms with Crippen LogP contribution in [0.3, 0.4) is 0 Å². The summed E-state index contributed by atoms with van der Waals surface area (Å²) in [6, 6.07) is 1.83. The number of fused-ring (bicyclic) bond motifs is 1. The van der Waals surface area contributed by atoms with Crippen LogP contribution in [-0.2, 0) is 0 Å². The molecule has 3 rings (SSSR count). The van der Waals surface area contributed by atoms with Crippen molar-refractivity contribution in [3.05, 3.63) is 58.7 Å². The first kappa shape index (κ1) is 12.4. The number of aryl methyl sites for hydroxylation is 1. The molecule has 1 atom stereocenters. The number of halogens is 3. The Morgan fingerprint density at radius 3 is 3.00 bits per heavy atom. The summed E-state index contributed by atoms with van der Waals surface area (Å²) >= 11 is 6.19. The lowest BCUT2D eigenvalue weighted by atomic mass is 9.98. The number of hydrogen-bond donors (Lipinski definition) is 0. The van der Waals surface area contributed by atoms with Crippen LogP contribution in [0.2, 0.25) is 5.02 Å². The number of rotatable bonds is 1. The Morgan fingerprint density at radius 1 is 1.42 bits per heavy atom. The van der Waals surface area contributed by atoms with Gasteiger partial charge in [-0.3, -0.25) is 0 Å². The number of imidazole rings is 1. The van der Waals surface area contributed by atoms with Gasteiger partial charge in [-0.15, -0.1) is 0 Å². The van der Waals surface area contributed by atoms with Crippen LogP contribution in [0.25, 0.3) is 5.52 Å². The monoisotopic (exact) mass is 280 g/mol. The second-order valence-electron chi connectivity index (χ2n) is 4.57. The summed E-state index contributed by atoms with van der Waals surface area (Å²) < 4.78 is 28.9. The fourth-order valence-electron chi connectivity index (χ4n) is 2.29. The van der Waals surface area contributed by atoms with Crippen LogP contribution in [0, 0.1) is 6.92 Å². The zero-order valence-electron chi connectivity index (χ0n) is 10.2. The molecule has 2 heterocycles. The van der Waals surface area contributed by atoms with Crippen LogP contribution >= 0.6 is 11.6 Å². The molecule has 0 saturated heterocycles. The second-order valence-corrected chi connectivity index (χ2v) is 4.95. The normalized spacial score (nSPS) is 19.5. The van der Waals surface area contributed by atoms with Crippen molar-refractivity contribution in [3.63, 3.8) is 0 Å². The number of hydrogen-bond acceptors (Lipinski definition) is 1. The Kier molecular flexibility index (Phi) is 2.90. The third-order valence-corrected chi connectivity index (χ3v) is 3.84. The zero-order valence-corrected chi connectivity index (χ0v) is 11.0. The number of nitrogens with zero attached hydrogens (tertiary/aromatic N) is 2. The van der Waals surface area contributed by atoms with Gasteiger partial charge in [0.1, 0.15) is 11.7 Å². The van der Waals surface area contributed by atoms with E-state index in [2.05, 4.69) is 4.98 Å². The predicted octanol–water partition coefficient (Wildman–Crippen LogP) is 4.49. The summed E-state index contributed by atoms with van der Waals surface area (Å²) in [5, 5.41) is 0.581. The highest BCUT2D eigenvalue weighted by molar-refractivity contribution is 6.34. The SMILES string of the molecule is Cc1ccn2c(C3CC=CC(F)=C3F)ncc2c1Cl. The molecule has 0 saturated carbocycles. The van der Waals surface area contributed by atoms with Crippen LogP contribution in [0.1, 0.15) is 23.7 Å². The Bertz CT molecular complexity index is 716. The van der Waals surface area contributed by atoms with Gasteiger partial charge in [0.05, 0.1) is 22.7 Å². The average molecular weight is 281 g/mol. The molecule has 2 nitrogen and oxygen atoms in total. The van der Waals surface area contributed by atoms with Crippen molar-refractivity contribution in [1.82, 2.24) is 9.38 Å². The molecule has 1 unspecified atom stereocenters. The molecule has 5 heteroatoms. The Balaban J connectivity index is 2.17. The predicted molar refractivity (Wildman–Crippen MR) is 70.7 cm³/mol. The Labute approximate surface area is 114 Å². The molecule has 98 valence electrons. The van der Waals surface area contributed by atoms with Crippen molar-refractivity contribution in [2.24, 2.45) is 0 Å². The van der Waals surface area contributed by atoms with Gasteiger partial charge in [0.25, 0.3) is 0 Å². The second kappa shape index (κ2) is 4.46. The van der Waals surface area contributed by atoms with Crippen LogP contribution in [0.4, 0.5) is 8.78 Å². The molecule has 0 radical (unpaired) electrons. The van der Waals surface area contributed by atoms with Gasteiger partial charge in [0, 0.05) is 6.20 Å². The van der Waals surface area contributed by atoms with Crippen molar-refractivity contribution < 1.29 is 8.78 Å². The summed E-state index contributed by atoms with van der Waals surface area (Å²) in [6.07, 6.45) is 6.53. The van der Waals surface area contributed by atoms with Crippen molar-refractivity contribution >= 4 is 17.1 Å². The standard InChI is InChI=1S/C14H11ClF2N2/c1-8-5-6-19-11(12(8)15)7-18-14(19)9-3-2-4-10(16)13(9)17/h2,4-7,9H,3H2,1H3. The Hall–Kier alpha value is -1.68. The lowest BCUT2D eigenvalue weighted by Gasteiger charge is -2.16. The van der Waals surface area contributed by atoms with Gasteiger partial charge in [-0.1, -0.05) is 17.7 Å². The van der Waals surface area contributed by atoms with Crippen molar-refractivity contribution in [2.45, 2.75) is 19.3 Å². The average Bonchev–Trinajstić information content (AvgIpc) is 2.82. The van der Waals surface area contributed by atoms with Gasteiger partial charge < -0.3 is 4.40 Å². The molecule has 0 spiro atoms. The van der Waals surface area contributed by atoms with Gasteiger partial charge in [-0.05, 0) is 31.1 Å². The topological polar surface area (TPSA) is 17.3 Å². The van der Waals surface area contributed by atoms with Gasteiger partial charge in [0.15, 0.2) is 5.83 Å². The van der Waals surface area contributed by atoms with E-state index >= 15 is 0 Å². The molecular weight excluding hydrogens is 270 g/mol. The molecule has 1 aliphatic rings. The van der Waals surface area contributed by atoms with E-state index in [0.717, 1.165) is 11.6 Å². The summed E-state index contributed by atoms with van der Waals surface area (Å²) in [5.41, 5.74) is 1.63. The minimum absolute atomic E-state index is 0.393. The molecule has 19 heavy (non-hydrogen) atoms. The van der Waals surface area contributed by atoms with Crippen LogP contribution in [-0.4, -0.2) is 9.38 Å². The fraction of sp³-hybridized carbons (Fsp3) is 0.214. The quantitative estimate of drug-likeness (QED) is 0.752. The van der Waals surface area contributed by atoms with Gasteiger partial charge >= 0.3 is 0 Å². The minimum atomic E-state index is -0.828. The Morgan fingerprint density at radius 2 is 2.21 bits per heavy atom. The first-order valence-corrected chi connectivity index (χ1v) is 6.31. The number of pyridine rings is 1. The van der Waals surface area contributed by atoms with Crippen molar-refractivity contribution in [3.8, 4) is 0 Å².